The zero-order chi connectivity index (χ0) is 15.7. The number of aryl methyl sites for hydroxylation is 2. The van der Waals surface area contributed by atoms with E-state index in [0.29, 0.717) is 0 Å². The third kappa shape index (κ3) is 4.65. The van der Waals surface area contributed by atoms with Crippen molar-refractivity contribution in [3.8, 4) is 0 Å². The van der Waals surface area contributed by atoms with E-state index in [9.17, 15) is 16.8 Å². The maximum atomic E-state index is 12.1. The van der Waals surface area contributed by atoms with E-state index in [1.54, 1.807) is 28.4 Å². The molecule has 5 nitrogen and oxygen atoms in total. The fraction of sp³-hybridized carbons (Fsp3) is 0.143. The molecule has 0 aliphatic carbocycles. The monoisotopic (exact) mass is 348 g/mol. The standard InChI is InChI=1S/C14H15NO4S2.Na/c1-11-3-7-13(8-4-11)20(16,17)15-21(18,19)14-9-5-12(2)6-10-14;/h3-10,15H,1-2H3;. The fourth-order valence-corrected chi connectivity index (χ4v) is 4.59. The van der Waals surface area contributed by atoms with Gasteiger partial charge in [-0.1, -0.05) is 35.4 Å². The van der Waals surface area contributed by atoms with Crippen LogP contribution in [0.4, 0.5) is 0 Å². The van der Waals surface area contributed by atoms with Crippen LogP contribution < -0.4 is 4.13 Å². The molecule has 2 aromatic rings. The van der Waals surface area contributed by atoms with Crippen LogP contribution in [0, 0.1) is 13.8 Å². The van der Waals surface area contributed by atoms with Crippen LogP contribution in [0.2, 0.25) is 0 Å². The van der Waals surface area contributed by atoms with Gasteiger partial charge in [0, 0.05) is 29.6 Å². The molecular formula is C14H15NNaO4S2. The van der Waals surface area contributed by atoms with Gasteiger partial charge in [-0.3, -0.25) is 0 Å². The SMILES string of the molecule is Cc1ccc(S(=O)(=O)NS(=O)(=O)c2ccc(C)cc2)cc1.[Na]. The Balaban J connectivity index is 0.00000242. The van der Waals surface area contributed by atoms with Crippen LogP contribution in [0.25, 0.3) is 0 Å². The molecule has 0 bridgehead atoms. The summed E-state index contributed by atoms with van der Waals surface area (Å²) in [7, 11) is -8.26. The van der Waals surface area contributed by atoms with Crippen LogP contribution in [0.1, 0.15) is 11.1 Å². The molecule has 0 unspecified atom stereocenters. The van der Waals surface area contributed by atoms with Crippen molar-refractivity contribution >= 4 is 49.6 Å². The molecule has 0 aliphatic rings. The molecule has 0 aliphatic heterocycles. The first kappa shape index (κ1) is 19.3. The van der Waals surface area contributed by atoms with Gasteiger partial charge in [0.15, 0.2) is 0 Å². The maximum absolute atomic E-state index is 12.1. The van der Waals surface area contributed by atoms with Crippen molar-refractivity contribution < 1.29 is 16.8 Å². The van der Waals surface area contributed by atoms with E-state index >= 15 is 0 Å². The first-order valence-electron chi connectivity index (χ1n) is 6.13. The molecule has 1 N–H and O–H groups in total. The summed E-state index contributed by atoms with van der Waals surface area (Å²) in [6.45, 7) is 3.62. The Kier molecular flexibility index (Phi) is 6.37. The van der Waals surface area contributed by atoms with Gasteiger partial charge in [0.25, 0.3) is 20.0 Å². The van der Waals surface area contributed by atoms with Crippen molar-refractivity contribution in [1.29, 1.82) is 0 Å². The minimum Gasteiger partial charge on any atom is -0.206 e. The van der Waals surface area contributed by atoms with Crippen LogP contribution in [-0.4, -0.2) is 46.4 Å². The summed E-state index contributed by atoms with van der Waals surface area (Å²) < 4.78 is 50.2. The van der Waals surface area contributed by atoms with E-state index in [4.69, 9.17) is 0 Å². The van der Waals surface area contributed by atoms with E-state index in [1.165, 1.54) is 24.3 Å². The summed E-state index contributed by atoms with van der Waals surface area (Å²) in [5.41, 5.74) is 1.77. The predicted octanol–water partition coefficient (Wildman–Crippen LogP) is 1.59. The van der Waals surface area contributed by atoms with Gasteiger partial charge in [-0.2, -0.15) is 0 Å². The van der Waals surface area contributed by atoms with Crippen molar-refractivity contribution in [3.05, 3.63) is 59.7 Å². The number of nitrogens with one attached hydrogen (secondary N) is 1. The van der Waals surface area contributed by atoms with Crippen LogP contribution >= 0.6 is 0 Å². The van der Waals surface area contributed by atoms with Gasteiger partial charge in [0.1, 0.15) is 0 Å². The quantitative estimate of drug-likeness (QED) is 0.851. The van der Waals surface area contributed by atoms with Gasteiger partial charge >= 0.3 is 0 Å². The average molecular weight is 348 g/mol. The summed E-state index contributed by atoms with van der Waals surface area (Å²) in [6, 6.07) is 11.9. The Bertz CT molecular complexity index is 769. The van der Waals surface area contributed by atoms with Gasteiger partial charge in [-0.25, -0.2) is 16.8 Å². The van der Waals surface area contributed by atoms with Crippen LogP contribution in [0.5, 0.6) is 0 Å². The molecule has 2 aromatic carbocycles. The summed E-state index contributed by atoms with van der Waals surface area (Å²) in [4.78, 5) is -0.187. The van der Waals surface area contributed by atoms with Crippen molar-refractivity contribution in [2.75, 3.05) is 0 Å². The smallest absolute Gasteiger partial charge is 0.206 e. The number of rotatable bonds is 4. The molecule has 0 atom stereocenters. The Morgan fingerprint density at radius 2 is 0.909 bits per heavy atom. The van der Waals surface area contributed by atoms with Crippen molar-refractivity contribution in [1.82, 2.24) is 4.13 Å². The van der Waals surface area contributed by atoms with Crippen LogP contribution in [-0.2, 0) is 20.0 Å². The first-order valence-corrected chi connectivity index (χ1v) is 9.09. The summed E-state index contributed by atoms with van der Waals surface area (Å²) in [5.74, 6) is 0. The molecule has 0 fully saturated rings. The minimum absolute atomic E-state index is 0. The Morgan fingerprint density at radius 1 is 0.636 bits per heavy atom. The zero-order valence-corrected chi connectivity index (χ0v) is 16.2. The molecule has 22 heavy (non-hydrogen) atoms. The topological polar surface area (TPSA) is 80.3 Å². The third-order valence-corrected chi connectivity index (χ3v) is 6.42. The van der Waals surface area contributed by atoms with Crippen molar-refractivity contribution in [3.63, 3.8) is 0 Å². The average Bonchev–Trinajstić information content (AvgIpc) is 2.38. The van der Waals surface area contributed by atoms with E-state index < -0.39 is 20.0 Å². The van der Waals surface area contributed by atoms with E-state index in [0.717, 1.165) is 11.1 Å². The second-order valence-corrected chi connectivity index (χ2v) is 8.34. The summed E-state index contributed by atoms with van der Waals surface area (Å²) in [5, 5.41) is 0. The summed E-state index contributed by atoms with van der Waals surface area (Å²) >= 11 is 0. The minimum atomic E-state index is -4.13. The van der Waals surface area contributed by atoms with Crippen molar-refractivity contribution in [2.24, 2.45) is 0 Å². The predicted molar refractivity (Wildman–Crippen MR) is 85.6 cm³/mol. The molecule has 8 heteroatoms. The molecule has 0 saturated carbocycles. The fourth-order valence-electron chi connectivity index (χ4n) is 1.68. The molecule has 2 rings (SSSR count). The molecule has 0 aromatic heterocycles. The molecule has 113 valence electrons. The Labute approximate surface area is 153 Å². The van der Waals surface area contributed by atoms with Gasteiger partial charge in [0.2, 0.25) is 0 Å². The van der Waals surface area contributed by atoms with Crippen molar-refractivity contribution in [2.45, 2.75) is 23.6 Å². The summed E-state index contributed by atoms with van der Waals surface area (Å²) in [6.07, 6.45) is 0. The molecule has 0 amide bonds. The third-order valence-electron chi connectivity index (χ3n) is 2.88. The van der Waals surface area contributed by atoms with Gasteiger partial charge in [0.05, 0.1) is 9.79 Å². The number of hydrogen-bond donors (Lipinski definition) is 1. The molecular weight excluding hydrogens is 333 g/mol. The number of hydrogen-bond acceptors (Lipinski definition) is 4. The largest absolute Gasteiger partial charge is 0.253 e. The van der Waals surface area contributed by atoms with Crippen LogP contribution in [0.15, 0.2) is 58.3 Å². The maximum Gasteiger partial charge on any atom is 0.253 e. The van der Waals surface area contributed by atoms with Gasteiger partial charge < -0.3 is 0 Å². The second-order valence-electron chi connectivity index (χ2n) is 4.72. The molecule has 0 heterocycles. The van der Waals surface area contributed by atoms with Gasteiger partial charge in [-0.15, -0.1) is 4.13 Å². The Hall–Kier alpha value is -0.700. The van der Waals surface area contributed by atoms with E-state index in [1.807, 2.05) is 13.8 Å². The van der Waals surface area contributed by atoms with E-state index in [-0.39, 0.29) is 39.3 Å². The van der Waals surface area contributed by atoms with Crippen LogP contribution in [0.3, 0.4) is 0 Å². The second kappa shape index (κ2) is 7.25. The molecule has 1 radical (unpaired) electrons. The van der Waals surface area contributed by atoms with Gasteiger partial charge in [-0.05, 0) is 38.1 Å². The first-order chi connectivity index (χ1) is 9.71. The molecule has 0 saturated heterocycles. The van der Waals surface area contributed by atoms with E-state index in [2.05, 4.69) is 0 Å². The normalized spacial score (nSPS) is 11.7. The number of benzene rings is 2. The number of sulfonamides is 2. The molecule has 0 spiro atoms. The zero-order valence-electron chi connectivity index (χ0n) is 12.6. The Morgan fingerprint density at radius 3 is 1.18 bits per heavy atom.